The number of carbonyl (C=O) groups excluding carboxylic acids is 3. The molecular formula is C18H25N3O3. The van der Waals surface area contributed by atoms with Gasteiger partial charge in [-0.25, -0.2) is 0 Å². The highest BCUT2D eigenvalue weighted by Gasteiger charge is 2.33. The predicted molar refractivity (Wildman–Crippen MR) is 91.3 cm³/mol. The number of nitrogens with one attached hydrogen (secondary N) is 1. The summed E-state index contributed by atoms with van der Waals surface area (Å²) in [5, 5.41) is 2.83. The van der Waals surface area contributed by atoms with Crippen molar-refractivity contribution in [1.82, 2.24) is 15.1 Å². The number of hydrogen-bond donors (Lipinski definition) is 1. The van der Waals surface area contributed by atoms with Crippen LogP contribution in [-0.2, 0) is 16.1 Å². The predicted octanol–water partition coefficient (Wildman–Crippen LogP) is 1.40. The van der Waals surface area contributed by atoms with Gasteiger partial charge < -0.3 is 15.1 Å². The molecule has 1 aromatic rings. The Hall–Kier alpha value is -2.37. The van der Waals surface area contributed by atoms with E-state index in [2.05, 4.69) is 5.32 Å². The molecule has 1 aromatic carbocycles. The summed E-state index contributed by atoms with van der Waals surface area (Å²) in [5.41, 5.74) is 1.48. The molecule has 0 aliphatic carbocycles. The zero-order valence-electron chi connectivity index (χ0n) is 14.7. The van der Waals surface area contributed by atoms with Gasteiger partial charge in [-0.1, -0.05) is 12.1 Å². The number of carbonyl (C=O) groups is 3. The molecule has 3 amide bonds. The molecule has 130 valence electrons. The second kappa shape index (κ2) is 7.47. The molecule has 0 spiro atoms. The van der Waals surface area contributed by atoms with Crippen molar-refractivity contribution in [2.75, 3.05) is 13.1 Å². The van der Waals surface area contributed by atoms with Gasteiger partial charge in [-0.15, -0.1) is 0 Å². The van der Waals surface area contributed by atoms with Crippen LogP contribution >= 0.6 is 0 Å². The van der Waals surface area contributed by atoms with Crippen LogP contribution in [0.3, 0.4) is 0 Å². The topological polar surface area (TPSA) is 69.7 Å². The lowest BCUT2D eigenvalue weighted by Crippen LogP contribution is -2.55. The van der Waals surface area contributed by atoms with Gasteiger partial charge in [-0.2, -0.15) is 0 Å². The van der Waals surface area contributed by atoms with Crippen molar-refractivity contribution in [2.24, 2.45) is 0 Å². The van der Waals surface area contributed by atoms with Crippen LogP contribution < -0.4 is 5.32 Å². The highest BCUT2D eigenvalue weighted by Crippen LogP contribution is 2.13. The summed E-state index contributed by atoms with van der Waals surface area (Å²) >= 11 is 0. The molecule has 6 heteroatoms. The van der Waals surface area contributed by atoms with Gasteiger partial charge in [0, 0.05) is 37.3 Å². The van der Waals surface area contributed by atoms with Gasteiger partial charge in [0.2, 0.25) is 0 Å². The zero-order valence-corrected chi connectivity index (χ0v) is 14.7. The van der Waals surface area contributed by atoms with E-state index in [1.54, 1.807) is 21.9 Å². The van der Waals surface area contributed by atoms with E-state index in [1.807, 2.05) is 39.8 Å². The van der Waals surface area contributed by atoms with E-state index in [0.717, 1.165) is 5.56 Å². The maximum absolute atomic E-state index is 12.2. The van der Waals surface area contributed by atoms with Gasteiger partial charge in [0.15, 0.2) is 0 Å². The summed E-state index contributed by atoms with van der Waals surface area (Å²) in [7, 11) is 0. The zero-order chi connectivity index (χ0) is 17.9. The molecule has 1 aliphatic rings. The van der Waals surface area contributed by atoms with Gasteiger partial charge in [0.05, 0.1) is 0 Å². The average molecular weight is 331 g/mol. The highest BCUT2D eigenvalue weighted by atomic mass is 16.2. The summed E-state index contributed by atoms with van der Waals surface area (Å²) in [5.74, 6) is -1.02. The monoisotopic (exact) mass is 331 g/mol. The van der Waals surface area contributed by atoms with Crippen LogP contribution in [-0.4, -0.2) is 52.7 Å². The second-order valence-electron chi connectivity index (χ2n) is 6.64. The molecule has 1 N–H and O–H groups in total. The molecule has 1 aliphatic heterocycles. The van der Waals surface area contributed by atoms with Crippen LogP contribution in [0.2, 0.25) is 0 Å². The summed E-state index contributed by atoms with van der Waals surface area (Å²) in [6.07, 6.45) is 0. The molecule has 1 heterocycles. The van der Waals surface area contributed by atoms with Gasteiger partial charge in [-0.3, -0.25) is 14.4 Å². The van der Waals surface area contributed by atoms with Crippen LogP contribution in [0.4, 0.5) is 0 Å². The fourth-order valence-electron chi connectivity index (χ4n) is 2.66. The third-order valence-electron chi connectivity index (χ3n) is 3.97. The Morgan fingerprint density at radius 1 is 1.04 bits per heavy atom. The maximum Gasteiger partial charge on any atom is 0.312 e. The minimum absolute atomic E-state index is 0.0300. The van der Waals surface area contributed by atoms with E-state index in [1.165, 1.54) is 0 Å². The van der Waals surface area contributed by atoms with Crippen LogP contribution in [0.1, 0.15) is 43.6 Å². The van der Waals surface area contributed by atoms with Gasteiger partial charge in [-0.05, 0) is 45.4 Å². The fourth-order valence-corrected chi connectivity index (χ4v) is 2.66. The molecule has 0 aromatic heterocycles. The highest BCUT2D eigenvalue weighted by molar-refractivity contribution is 6.35. The molecule has 0 bridgehead atoms. The van der Waals surface area contributed by atoms with E-state index in [4.69, 9.17) is 0 Å². The number of hydrogen-bond acceptors (Lipinski definition) is 3. The number of benzene rings is 1. The van der Waals surface area contributed by atoms with Gasteiger partial charge >= 0.3 is 11.8 Å². The molecule has 0 unspecified atom stereocenters. The van der Waals surface area contributed by atoms with Crippen molar-refractivity contribution in [3.8, 4) is 0 Å². The molecule has 2 rings (SSSR count). The van der Waals surface area contributed by atoms with Crippen LogP contribution in [0.25, 0.3) is 0 Å². The summed E-state index contributed by atoms with van der Waals surface area (Å²) in [6, 6.07) is 7.23. The first-order valence-electron chi connectivity index (χ1n) is 8.29. The third kappa shape index (κ3) is 4.13. The molecule has 24 heavy (non-hydrogen) atoms. The second-order valence-corrected chi connectivity index (χ2v) is 6.64. The summed E-state index contributed by atoms with van der Waals surface area (Å²) in [6.45, 7) is 9.08. The molecule has 1 fully saturated rings. The molecular weight excluding hydrogens is 306 g/mol. The first-order valence-corrected chi connectivity index (χ1v) is 8.29. The Morgan fingerprint density at radius 3 is 2.21 bits per heavy atom. The Balaban J connectivity index is 2.00. The van der Waals surface area contributed by atoms with Crippen LogP contribution in [0, 0.1) is 0 Å². The van der Waals surface area contributed by atoms with Crippen molar-refractivity contribution in [2.45, 2.75) is 46.3 Å². The number of amides is 3. The van der Waals surface area contributed by atoms with Crippen molar-refractivity contribution in [3.63, 3.8) is 0 Å². The standard InChI is InChI=1S/C18H25N3O3/c1-12(2)19-16(22)15-7-5-14(6-8-15)11-20-9-10-21(13(3)4)18(24)17(20)23/h5-8,12-13H,9-11H2,1-4H3,(H,19,22). The van der Waals surface area contributed by atoms with Crippen molar-refractivity contribution < 1.29 is 14.4 Å². The smallest absolute Gasteiger partial charge is 0.312 e. The minimum Gasteiger partial charge on any atom is -0.350 e. The van der Waals surface area contributed by atoms with Crippen LogP contribution in [0.15, 0.2) is 24.3 Å². The summed E-state index contributed by atoms with van der Waals surface area (Å²) < 4.78 is 0. The third-order valence-corrected chi connectivity index (χ3v) is 3.97. The van der Waals surface area contributed by atoms with Gasteiger partial charge in [0.25, 0.3) is 5.91 Å². The van der Waals surface area contributed by atoms with Crippen molar-refractivity contribution in [1.29, 1.82) is 0 Å². The van der Waals surface area contributed by atoms with Crippen molar-refractivity contribution >= 4 is 17.7 Å². The van der Waals surface area contributed by atoms with E-state index >= 15 is 0 Å². The first kappa shape index (κ1) is 18.0. The normalized spacial score (nSPS) is 15.4. The first-order chi connectivity index (χ1) is 11.3. The van der Waals surface area contributed by atoms with E-state index < -0.39 is 11.8 Å². The summed E-state index contributed by atoms with van der Waals surface area (Å²) in [4.78, 5) is 39.4. The fraction of sp³-hybridized carbons (Fsp3) is 0.500. The largest absolute Gasteiger partial charge is 0.350 e. The van der Waals surface area contributed by atoms with Gasteiger partial charge in [0.1, 0.15) is 0 Å². The van der Waals surface area contributed by atoms with E-state index in [9.17, 15) is 14.4 Å². The lowest BCUT2D eigenvalue weighted by Gasteiger charge is -2.36. The molecule has 1 saturated heterocycles. The maximum atomic E-state index is 12.2. The molecule has 6 nitrogen and oxygen atoms in total. The SMILES string of the molecule is CC(C)NC(=O)c1ccc(CN2CCN(C(C)C)C(=O)C2=O)cc1. The quantitative estimate of drug-likeness (QED) is 0.829. The Labute approximate surface area is 142 Å². The lowest BCUT2D eigenvalue weighted by molar-refractivity contribution is -0.157. The Kier molecular flexibility index (Phi) is 5.59. The Morgan fingerprint density at radius 2 is 1.67 bits per heavy atom. The van der Waals surface area contributed by atoms with E-state index in [-0.39, 0.29) is 18.0 Å². The number of rotatable bonds is 5. The average Bonchev–Trinajstić information content (AvgIpc) is 2.51. The molecule has 0 saturated carbocycles. The molecule has 0 atom stereocenters. The molecule has 0 radical (unpaired) electrons. The Bertz CT molecular complexity index is 623. The number of nitrogens with zero attached hydrogens (tertiary/aromatic N) is 2. The minimum atomic E-state index is -0.462. The number of piperazine rings is 1. The lowest BCUT2D eigenvalue weighted by atomic mass is 10.1. The van der Waals surface area contributed by atoms with E-state index in [0.29, 0.717) is 25.2 Å². The van der Waals surface area contributed by atoms with Crippen molar-refractivity contribution in [3.05, 3.63) is 35.4 Å². The van der Waals surface area contributed by atoms with Crippen LogP contribution in [0.5, 0.6) is 0 Å².